The number of aromatic nitrogens is 2. The lowest BCUT2D eigenvalue weighted by atomic mass is 10.2. The van der Waals surface area contributed by atoms with Crippen molar-refractivity contribution in [3.05, 3.63) is 23.8 Å². The Morgan fingerprint density at radius 1 is 1.32 bits per heavy atom. The Morgan fingerprint density at radius 2 is 2.00 bits per heavy atom. The summed E-state index contributed by atoms with van der Waals surface area (Å²) in [6.07, 6.45) is 0. The number of nitrogens with zero attached hydrogens (tertiary/aromatic N) is 3. The summed E-state index contributed by atoms with van der Waals surface area (Å²) >= 11 is 0. The van der Waals surface area contributed by atoms with E-state index in [0.717, 1.165) is 3.97 Å². The van der Waals surface area contributed by atoms with Gasteiger partial charge >= 0.3 is 16.2 Å². The zero-order valence-corrected chi connectivity index (χ0v) is 12.3. The van der Waals surface area contributed by atoms with Crippen LogP contribution in [-0.4, -0.2) is 59.1 Å². The van der Waals surface area contributed by atoms with E-state index in [2.05, 4.69) is 4.98 Å². The van der Waals surface area contributed by atoms with Crippen LogP contribution >= 0.6 is 0 Å². The van der Waals surface area contributed by atoms with Gasteiger partial charge in [0, 0.05) is 13.1 Å². The normalized spacial score (nSPS) is 16.9. The third kappa shape index (κ3) is 2.21. The summed E-state index contributed by atoms with van der Waals surface area (Å²) in [6.45, 7) is 1.01. The monoisotopic (exact) mass is 326 g/mol. The smallest absolute Gasteiger partial charge is 0.337 e. The standard InChI is InChI=1S/C12H14N4O5S/c13-12-14-10-8(11(17)18)2-1-3-9(10)16(12)22(19,20)15-4-6-21-7-5-15/h1-3H,4-7H2,(H2,13,14)(H,17,18). The van der Waals surface area contributed by atoms with Crippen LogP contribution in [0, 0.1) is 0 Å². The summed E-state index contributed by atoms with van der Waals surface area (Å²) in [7, 11) is -3.93. The third-order valence-corrected chi connectivity index (χ3v) is 5.29. The van der Waals surface area contributed by atoms with Gasteiger partial charge in [0.1, 0.15) is 5.52 Å². The molecule has 10 heteroatoms. The summed E-state index contributed by atoms with van der Waals surface area (Å²) < 4.78 is 32.7. The van der Waals surface area contributed by atoms with E-state index in [4.69, 9.17) is 15.6 Å². The van der Waals surface area contributed by atoms with Crippen molar-refractivity contribution in [3.63, 3.8) is 0 Å². The van der Waals surface area contributed by atoms with Crippen molar-refractivity contribution in [3.8, 4) is 0 Å². The minimum absolute atomic E-state index is 0.0457. The first-order chi connectivity index (χ1) is 10.4. The second-order valence-corrected chi connectivity index (χ2v) is 6.51. The molecule has 0 aliphatic carbocycles. The van der Waals surface area contributed by atoms with Crippen LogP contribution in [0.3, 0.4) is 0 Å². The summed E-state index contributed by atoms with van der Waals surface area (Å²) in [6, 6.07) is 4.28. The summed E-state index contributed by atoms with van der Waals surface area (Å²) in [5.41, 5.74) is 5.83. The highest BCUT2D eigenvalue weighted by Gasteiger charge is 2.30. The largest absolute Gasteiger partial charge is 0.478 e. The van der Waals surface area contributed by atoms with Gasteiger partial charge in [-0.2, -0.15) is 16.7 Å². The van der Waals surface area contributed by atoms with Gasteiger partial charge in [0.15, 0.2) is 0 Å². The number of nitrogens with two attached hydrogens (primary N) is 1. The summed E-state index contributed by atoms with van der Waals surface area (Å²) in [4.78, 5) is 15.1. The molecule has 1 saturated heterocycles. The third-order valence-electron chi connectivity index (χ3n) is 3.43. The highest BCUT2D eigenvalue weighted by molar-refractivity contribution is 7.87. The summed E-state index contributed by atoms with van der Waals surface area (Å²) in [5.74, 6) is -1.46. The lowest BCUT2D eigenvalue weighted by molar-refractivity contribution is 0.0699. The van der Waals surface area contributed by atoms with E-state index in [1.165, 1.54) is 22.5 Å². The Kier molecular flexibility index (Phi) is 3.51. The van der Waals surface area contributed by atoms with Gasteiger partial charge in [-0.3, -0.25) is 0 Å². The molecule has 2 heterocycles. The number of carboxylic acid groups (broad SMARTS) is 1. The Labute approximate surface area is 126 Å². The van der Waals surface area contributed by atoms with E-state index in [-0.39, 0.29) is 35.6 Å². The zero-order chi connectivity index (χ0) is 15.9. The average Bonchev–Trinajstić information content (AvgIpc) is 2.84. The van der Waals surface area contributed by atoms with Gasteiger partial charge in [0.25, 0.3) is 0 Å². The number of morpholine rings is 1. The topological polar surface area (TPSA) is 128 Å². The van der Waals surface area contributed by atoms with Crippen molar-refractivity contribution < 1.29 is 23.1 Å². The zero-order valence-electron chi connectivity index (χ0n) is 11.5. The number of benzene rings is 1. The number of carboxylic acids is 1. The molecule has 0 radical (unpaired) electrons. The molecule has 1 aromatic heterocycles. The van der Waals surface area contributed by atoms with Crippen LogP contribution < -0.4 is 5.73 Å². The number of imidazole rings is 1. The van der Waals surface area contributed by atoms with E-state index in [1.54, 1.807) is 0 Å². The number of nitrogen functional groups attached to an aromatic ring is 1. The predicted molar refractivity (Wildman–Crippen MR) is 77.8 cm³/mol. The van der Waals surface area contributed by atoms with Gasteiger partial charge in [-0.1, -0.05) is 6.07 Å². The fourth-order valence-corrected chi connectivity index (χ4v) is 3.92. The van der Waals surface area contributed by atoms with Gasteiger partial charge in [-0.25, -0.2) is 9.78 Å². The molecule has 2 aromatic rings. The maximum Gasteiger partial charge on any atom is 0.337 e. The Bertz CT molecular complexity index is 839. The number of aromatic carboxylic acids is 1. The second kappa shape index (κ2) is 5.23. The first kappa shape index (κ1) is 14.8. The van der Waals surface area contributed by atoms with Crippen molar-refractivity contribution in [1.29, 1.82) is 0 Å². The van der Waals surface area contributed by atoms with Crippen LogP contribution in [-0.2, 0) is 14.9 Å². The maximum absolute atomic E-state index is 12.7. The highest BCUT2D eigenvalue weighted by atomic mass is 32.2. The quantitative estimate of drug-likeness (QED) is 0.795. The molecule has 1 aliphatic rings. The van der Waals surface area contributed by atoms with E-state index in [9.17, 15) is 13.2 Å². The van der Waals surface area contributed by atoms with Crippen molar-refractivity contribution >= 4 is 33.2 Å². The van der Waals surface area contributed by atoms with Crippen LogP contribution in [0.4, 0.5) is 5.95 Å². The van der Waals surface area contributed by atoms with Crippen molar-refractivity contribution in [2.75, 3.05) is 32.0 Å². The minimum atomic E-state index is -3.93. The number of ether oxygens (including phenoxy) is 1. The van der Waals surface area contributed by atoms with E-state index < -0.39 is 16.2 Å². The molecule has 0 bridgehead atoms. The molecule has 0 unspecified atom stereocenters. The SMILES string of the molecule is Nc1nc2c(C(=O)O)cccc2n1S(=O)(=O)N1CCOCC1. The Hall–Kier alpha value is -2.17. The molecular weight excluding hydrogens is 312 g/mol. The number of anilines is 1. The van der Waals surface area contributed by atoms with E-state index >= 15 is 0 Å². The lowest BCUT2D eigenvalue weighted by Crippen LogP contribution is -2.43. The molecule has 1 fully saturated rings. The van der Waals surface area contributed by atoms with Crippen LogP contribution in [0.25, 0.3) is 11.0 Å². The summed E-state index contributed by atoms with van der Waals surface area (Å²) in [5, 5.41) is 9.17. The average molecular weight is 326 g/mol. The van der Waals surface area contributed by atoms with Crippen LogP contribution in [0.2, 0.25) is 0 Å². The number of para-hydroxylation sites is 1. The maximum atomic E-state index is 12.7. The van der Waals surface area contributed by atoms with Gasteiger partial charge < -0.3 is 15.6 Å². The molecule has 0 saturated carbocycles. The van der Waals surface area contributed by atoms with Gasteiger partial charge in [-0.15, -0.1) is 0 Å². The van der Waals surface area contributed by atoms with Gasteiger partial charge in [0.2, 0.25) is 5.95 Å². The van der Waals surface area contributed by atoms with Gasteiger partial charge in [0.05, 0.1) is 24.3 Å². The number of carbonyl (C=O) groups is 1. The Morgan fingerprint density at radius 3 is 2.64 bits per heavy atom. The molecule has 0 spiro atoms. The van der Waals surface area contributed by atoms with Crippen LogP contribution in [0.1, 0.15) is 10.4 Å². The number of hydrogen-bond donors (Lipinski definition) is 2. The van der Waals surface area contributed by atoms with Crippen molar-refractivity contribution in [1.82, 2.24) is 13.3 Å². The predicted octanol–water partition coefficient (Wildman–Crippen LogP) is -0.258. The molecule has 0 amide bonds. The molecule has 1 aliphatic heterocycles. The van der Waals surface area contributed by atoms with Crippen LogP contribution in [0.5, 0.6) is 0 Å². The highest BCUT2D eigenvalue weighted by Crippen LogP contribution is 2.25. The molecule has 118 valence electrons. The molecule has 0 atom stereocenters. The lowest BCUT2D eigenvalue weighted by Gasteiger charge is -2.26. The first-order valence-corrected chi connectivity index (χ1v) is 7.91. The van der Waals surface area contributed by atoms with E-state index in [1.807, 2.05) is 0 Å². The second-order valence-electron chi connectivity index (χ2n) is 4.73. The fraction of sp³-hybridized carbons (Fsp3) is 0.333. The van der Waals surface area contributed by atoms with E-state index in [0.29, 0.717) is 13.2 Å². The molecule has 1 aromatic carbocycles. The molecule has 9 nitrogen and oxygen atoms in total. The van der Waals surface area contributed by atoms with Gasteiger partial charge in [-0.05, 0) is 12.1 Å². The molecule has 3 N–H and O–H groups in total. The first-order valence-electron chi connectivity index (χ1n) is 6.51. The number of fused-ring (bicyclic) bond motifs is 1. The fourth-order valence-electron chi connectivity index (χ4n) is 2.40. The van der Waals surface area contributed by atoms with Crippen molar-refractivity contribution in [2.45, 2.75) is 0 Å². The minimum Gasteiger partial charge on any atom is -0.478 e. The number of hydrogen-bond acceptors (Lipinski definition) is 6. The Balaban J connectivity index is 2.21. The van der Waals surface area contributed by atoms with Crippen molar-refractivity contribution in [2.24, 2.45) is 0 Å². The number of rotatable bonds is 3. The molecule has 3 rings (SSSR count). The molecular formula is C12H14N4O5S. The molecule has 22 heavy (non-hydrogen) atoms. The van der Waals surface area contributed by atoms with Crippen LogP contribution in [0.15, 0.2) is 18.2 Å².